The van der Waals surface area contributed by atoms with Gasteiger partial charge in [-0.3, -0.25) is 0 Å². The Labute approximate surface area is 51.1 Å². The van der Waals surface area contributed by atoms with E-state index in [1.54, 1.807) is 6.26 Å². The lowest BCUT2D eigenvalue weighted by molar-refractivity contribution is 0.179. The molecule has 0 amide bonds. The summed E-state index contributed by atoms with van der Waals surface area (Å²) in [5.41, 5.74) is 0. The third-order valence-corrected chi connectivity index (χ3v) is 1.05. The predicted molar refractivity (Wildman–Crippen MR) is 33.4 cm³/mol. The van der Waals surface area contributed by atoms with Crippen LogP contribution in [-0.4, -0.2) is 6.10 Å². The van der Waals surface area contributed by atoms with Crippen LogP contribution in [0.2, 0.25) is 0 Å². The Balaban J connectivity index is 2.28. The smallest absolute Gasteiger partial charge is 0.116 e. The predicted octanol–water partition coefficient (Wildman–Crippen LogP) is 1.87. The van der Waals surface area contributed by atoms with Crippen molar-refractivity contribution in [3.05, 3.63) is 24.5 Å². The second-order valence-electron chi connectivity index (χ2n) is 1.68. The van der Waals surface area contributed by atoms with Crippen LogP contribution in [0.25, 0.3) is 0 Å². The topological polar surface area (TPSA) is 9.23 Å². The minimum atomic E-state index is 0.146. The maximum absolute atomic E-state index is 6.90. The molecule has 1 aliphatic heterocycles. The third-order valence-electron chi connectivity index (χ3n) is 1.05. The van der Waals surface area contributed by atoms with Gasteiger partial charge < -0.3 is 4.74 Å². The van der Waals surface area contributed by atoms with Gasteiger partial charge in [0.2, 0.25) is 0 Å². The molecular formula is C7H10O. The molecule has 0 saturated carbocycles. The zero-order valence-corrected chi connectivity index (χ0v) is 4.71. The SMILES string of the molecule is [2H]CCC1C=CC=CO1. The van der Waals surface area contributed by atoms with Crippen molar-refractivity contribution in [3.8, 4) is 0 Å². The highest BCUT2D eigenvalue weighted by atomic mass is 16.5. The molecule has 0 aromatic heterocycles. The molecule has 0 radical (unpaired) electrons. The van der Waals surface area contributed by atoms with Gasteiger partial charge >= 0.3 is 0 Å². The largest absolute Gasteiger partial charge is 0.494 e. The first-order valence-electron chi connectivity index (χ1n) is 3.42. The molecular weight excluding hydrogens is 100 g/mol. The number of hydrogen-bond donors (Lipinski definition) is 0. The molecule has 8 heavy (non-hydrogen) atoms. The van der Waals surface area contributed by atoms with Gasteiger partial charge in [-0.15, -0.1) is 0 Å². The van der Waals surface area contributed by atoms with Crippen molar-refractivity contribution in [2.45, 2.75) is 19.4 Å². The monoisotopic (exact) mass is 111 g/mol. The summed E-state index contributed by atoms with van der Waals surface area (Å²) in [7, 11) is 0. The van der Waals surface area contributed by atoms with Crippen molar-refractivity contribution in [1.29, 1.82) is 0 Å². The fourth-order valence-electron chi connectivity index (χ4n) is 0.589. The molecule has 1 atom stereocenters. The van der Waals surface area contributed by atoms with E-state index < -0.39 is 0 Å². The average Bonchev–Trinajstić information content (AvgIpc) is 1.91. The molecule has 0 aromatic carbocycles. The standard InChI is InChI=1S/C7H10O/c1-2-7-5-3-4-6-8-7/h3-7H,2H2,1H3/i1D. The van der Waals surface area contributed by atoms with E-state index >= 15 is 0 Å². The second-order valence-corrected chi connectivity index (χ2v) is 1.68. The van der Waals surface area contributed by atoms with Crippen molar-refractivity contribution >= 4 is 0 Å². The molecule has 1 unspecified atom stereocenters. The van der Waals surface area contributed by atoms with E-state index in [4.69, 9.17) is 6.11 Å². The Morgan fingerprint density at radius 2 is 2.75 bits per heavy atom. The molecule has 1 rings (SSSR count). The molecule has 1 heterocycles. The average molecular weight is 111 g/mol. The molecule has 0 saturated heterocycles. The summed E-state index contributed by atoms with van der Waals surface area (Å²) in [5, 5.41) is 0. The van der Waals surface area contributed by atoms with Crippen molar-refractivity contribution in [2.75, 3.05) is 0 Å². The Morgan fingerprint density at radius 1 is 1.75 bits per heavy atom. The van der Waals surface area contributed by atoms with Gasteiger partial charge in [-0.25, -0.2) is 0 Å². The molecule has 0 N–H and O–H groups in total. The van der Waals surface area contributed by atoms with E-state index in [0.717, 1.165) is 6.42 Å². The van der Waals surface area contributed by atoms with Gasteiger partial charge in [0.05, 0.1) is 6.26 Å². The normalized spacial score (nSPS) is 27.0. The van der Waals surface area contributed by atoms with Crippen LogP contribution in [0.5, 0.6) is 0 Å². The molecule has 0 aliphatic carbocycles. The number of allylic oxidation sites excluding steroid dienone is 2. The molecule has 1 aliphatic rings. The van der Waals surface area contributed by atoms with Gasteiger partial charge in [0, 0.05) is 1.37 Å². The highest BCUT2D eigenvalue weighted by Crippen LogP contribution is 2.04. The van der Waals surface area contributed by atoms with Crippen LogP contribution in [0.4, 0.5) is 0 Å². The van der Waals surface area contributed by atoms with Gasteiger partial charge in [0.1, 0.15) is 6.10 Å². The summed E-state index contributed by atoms with van der Waals surface area (Å²) in [6.07, 6.45) is 8.37. The molecule has 0 bridgehead atoms. The Bertz CT molecular complexity index is 129. The van der Waals surface area contributed by atoms with Crippen LogP contribution in [-0.2, 0) is 4.74 Å². The maximum Gasteiger partial charge on any atom is 0.116 e. The van der Waals surface area contributed by atoms with E-state index in [1.807, 2.05) is 18.2 Å². The number of ether oxygens (including phenoxy) is 1. The second kappa shape index (κ2) is 2.55. The van der Waals surface area contributed by atoms with E-state index in [1.165, 1.54) is 0 Å². The summed E-state index contributed by atoms with van der Waals surface area (Å²) in [6, 6.07) is 0. The van der Waals surface area contributed by atoms with Gasteiger partial charge in [-0.05, 0) is 18.6 Å². The lowest BCUT2D eigenvalue weighted by atomic mass is 10.2. The van der Waals surface area contributed by atoms with Gasteiger partial charge in [0.15, 0.2) is 0 Å². The van der Waals surface area contributed by atoms with Gasteiger partial charge in [-0.2, -0.15) is 0 Å². The molecule has 0 aromatic rings. The zero-order valence-electron chi connectivity index (χ0n) is 5.71. The summed E-state index contributed by atoms with van der Waals surface area (Å²) < 4.78 is 12.0. The number of hydrogen-bond acceptors (Lipinski definition) is 1. The third kappa shape index (κ3) is 1.12. The van der Waals surface area contributed by atoms with E-state index in [9.17, 15) is 0 Å². The first kappa shape index (κ1) is 4.19. The van der Waals surface area contributed by atoms with E-state index in [2.05, 4.69) is 0 Å². The Morgan fingerprint density at radius 3 is 3.38 bits per heavy atom. The Hall–Kier alpha value is -0.720. The lowest BCUT2D eigenvalue weighted by Gasteiger charge is -2.11. The highest BCUT2D eigenvalue weighted by Gasteiger charge is 1.99. The summed E-state index contributed by atoms with van der Waals surface area (Å²) >= 11 is 0. The fourth-order valence-corrected chi connectivity index (χ4v) is 0.589. The molecule has 44 valence electrons. The summed E-state index contributed by atoms with van der Waals surface area (Å²) in [6.45, 7) is 0.433. The Kier molecular flexibility index (Phi) is 1.34. The minimum absolute atomic E-state index is 0.146. The summed E-state index contributed by atoms with van der Waals surface area (Å²) in [5.74, 6) is 0. The molecule has 0 fully saturated rings. The van der Waals surface area contributed by atoms with Crippen molar-refractivity contribution in [2.24, 2.45) is 0 Å². The van der Waals surface area contributed by atoms with Crippen molar-refractivity contribution < 1.29 is 6.11 Å². The molecule has 0 spiro atoms. The first-order chi connectivity index (χ1) is 4.43. The molecule has 1 heteroatoms. The van der Waals surface area contributed by atoms with Gasteiger partial charge in [0.25, 0.3) is 0 Å². The minimum Gasteiger partial charge on any atom is -0.494 e. The van der Waals surface area contributed by atoms with Crippen LogP contribution in [0.1, 0.15) is 14.7 Å². The van der Waals surface area contributed by atoms with E-state index in [-0.39, 0.29) is 6.10 Å². The zero-order chi connectivity index (χ0) is 6.53. The highest BCUT2D eigenvalue weighted by molar-refractivity contribution is 5.06. The van der Waals surface area contributed by atoms with Crippen LogP contribution in [0, 0.1) is 0 Å². The van der Waals surface area contributed by atoms with Crippen LogP contribution in [0.3, 0.4) is 0 Å². The van der Waals surface area contributed by atoms with Crippen molar-refractivity contribution in [3.63, 3.8) is 0 Å². The number of rotatable bonds is 1. The van der Waals surface area contributed by atoms with Crippen LogP contribution < -0.4 is 0 Å². The quantitative estimate of drug-likeness (QED) is 0.502. The maximum atomic E-state index is 6.90. The van der Waals surface area contributed by atoms with Crippen molar-refractivity contribution in [1.82, 2.24) is 0 Å². The van der Waals surface area contributed by atoms with Gasteiger partial charge in [-0.1, -0.05) is 13.0 Å². The van der Waals surface area contributed by atoms with E-state index in [0.29, 0.717) is 6.90 Å². The van der Waals surface area contributed by atoms with Crippen LogP contribution >= 0.6 is 0 Å². The first-order valence-corrected chi connectivity index (χ1v) is 2.71. The lowest BCUT2D eigenvalue weighted by Crippen LogP contribution is -2.04. The fraction of sp³-hybridized carbons (Fsp3) is 0.429. The van der Waals surface area contributed by atoms with Crippen LogP contribution in [0.15, 0.2) is 24.5 Å². The summed E-state index contributed by atoms with van der Waals surface area (Å²) in [4.78, 5) is 0. The molecule has 1 nitrogen and oxygen atoms in total.